The molecule has 0 saturated heterocycles. The van der Waals surface area contributed by atoms with Crippen LogP contribution in [0.2, 0.25) is 0 Å². The molecule has 2 rings (SSSR count). The fraction of sp³-hybridized carbons (Fsp3) is 0.263. The van der Waals surface area contributed by atoms with Crippen LogP contribution in [0.3, 0.4) is 0 Å². The van der Waals surface area contributed by atoms with E-state index in [1.807, 2.05) is 0 Å². The third-order valence-corrected chi connectivity index (χ3v) is 4.01. The molecule has 9 heteroatoms. The molecule has 2 aromatic carbocycles. The Morgan fingerprint density at radius 3 is 2.43 bits per heavy atom. The lowest BCUT2D eigenvalue weighted by molar-refractivity contribution is -0.384. The third-order valence-electron chi connectivity index (χ3n) is 4.01. The summed E-state index contributed by atoms with van der Waals surface area (Å²) in [5, 5.41) is 11.2. The number of benzene rings is 2. The maximum Gasteiger partial charge on any atom is 0.338 e. The topological polar surface area (TPSA) is 93.0 Å². The monoisotopic (exact) mass is 389 g/mol. The largest absolute Gasteiger partial charge is 0.452 e. The molecule has 0 aliphatic carbocycles. The molecule has 0 aliphatic rings. The Labute approximate surface area is 161 Å². The van der Waals surface area contributed by atoms with Gasteiger partial charge in [-0.1, -0.05) is 18.2 Å². The number of carbonyl (C=O) groups excluding carboxylic acids is 2. The van der Waals surface area contributed by atoms with Gasteiger partial charge in [-0.15, -0.1) is 0 Å². The van der Waals surface area contributed by atoms with Gasteiger partial charge >= 0.3 is 5.97 Å². The number of amides is 1. The summed E-state index contributed by atoms with van der Waals surface area (Å²) in [4.78, 5) is 37.6. The number of nitro groups is 1. The van der Waals surface area contributed by atoms with E-state index in [9.17, 15) is 24.1 Å². The third kappa shape index (κ3) is 5.03. The Balaban J connectivity index is 2.01. The number of hydrogen-bond acceptors (Lipinski definition) is 6. The van der Waals surface area contributed by atoms with Crippen LogP contribution in [0.5, 0.6) is 0 Å². The van der Waals surface area contributed by atoms with Crippen molar-refractivity contribution in [3.05, 3.63) is 69.5 Å². The second-order valence-electron chi connectivity index (χ2n) is 6.27. The minimum absolute atomic E-state index is 0.0199. The van der Waals surface area contributed by atoms with Gasteiger partial charge in [0.1, 0.15) is 11.5 Å². The number of hydrogen-bond donors (Lipinski definition) is 0. The van der Waals surface area contributed by atoms with Crippen molar-refractivity contribution in [2.75, 3.05) is 32.6 Å². The van der Waals surface area contributed by atoms with E-state index in [4.69, 9.17) is 4.74 Å². The van der Waals surface area contributed by atoms with Gasteiger partial charge in [0.15, 0.2) is 6.61 Å². The quantitative estimate of drug-likeness (QED) is 0.411. The molecule has 0 unspecified atom stereocenters. The molecule has 0 heterocycles. The normalized spacial score (nSPS) is 10.3. The van der Waals surface area contributed by atoms with Crippen molar-refractivity contribution in [1.82, 2.24) is 4.90 Å². The molecule has 2 aromatic rings. The summed E-state index contributed by atoms with van der Waals surface area (Å²) < 4.78 is 18.6. The van der Waals surface area contributed by atoms with E-state index in [0.717, 1.165) is 6.07 Å². The fourth-order valence-corrected chi connectivity index (χ4v) is 2.47. The number of carbonyl (C=O) groups is 2. The number of halogens is 1. The molecule has 0 N–H and O–H groups in total. The minimum atomic E-state index is -0.860. The maximum atomic E-state index is 13.7. The average molecular weight is 389 g/mol. The SMILES string of the molecule is CN(Cc1ccccc1F)C(=O)COC(=O)c1ccc(N(C)C)c([N+](=O)[O-])c1. The van der Waals surface area contributed by atoms with Crippen molar-refractivity contribution < 1.29 is 23.6 Å². The molecule has 28 heavy (non-hydrogen) atoms. The van der Waals surface area contributed by atoms with Crippen molar-refractivity contribution in [3.8, 4) is 0 Å². The van der Waals surface area contributed by atoms with Gasteiger partial charge in [0.25, 0.3) is 11.6 Å². The first-order valence-corrected chi connectivity index (χ1v) is 8.31. The van der Waals surface area contributed by atoms with Crippen LogP contribution < -0.4 is 4.90 Å². The molecular formula is C19H20FN3O5. The van der Waals surface area contributed by atoms with Crippen LogP contribution in [0.15, 0.2) is 42.5 Å². The zero-order valence-corrected chi connectivity index (χ0v) is 15.7. The van der Waals surface area contributed by atoms with Crippen LogP contribution >= 0.6 is 0 Å². The predicted molar refractivity (Wildman–Crippen MR) is 101 cm³/mol. The van der Waals surface area contributed by atoms with Crippen molar-refractivity contribution in [3.63, 3.8) is 0 Å². The van der Waals surface area contributed by atoms with E-state index in [-0.39, 0.29) is 17.8 Å². The number of likely N-dealkylation sites (N-methyl/N-ethyl adjacent to an activating group) is 1. The summed E-state index contributed by atoms with van der Waals surface area (Å²) in [6.07, 6.45) is 0. The summed E-state index contributed by atoms with van der Waals surface area (Å²) in [6, 6.07) is 9.96. The molecule has 1 amide bonds. The highest BCUT2D eigenvalue weighted by Crippen LogP contribution is 2.27. The summed E-state index contributed by atoms with van der Waals surface area (Å²) in [5.41, 5.74) is 0.381. The van der Waals surface area contributed by atoms with Gasteiger partial charge in [-0.2, -0.15) is 0 Å². The van der Waals surface area contributed by atoms with E-state index >= 15 is 0 Å². The molecule has 0 aromatic heterocycles. The van der Waals surface area contributed by atoms with Crippen molar-refractivity contribution in [2.24, 2.45) is 0 Å². The number of rotatable bonds is 7. The van der Waals surface area contributed by atoms with Gasteiger partial charge < -0.3 is 14.5 Å². The molecule has 0 radical (unpaired) electrons. The van der Waals surface area contributed by atoms with Gasteiger partial charge in [0, 0.05) is 39.3 Å². The molecule has 0 spiro atoms. The molecule has 0 atom stereocenters. The summed E-state index contributed by atoms with van der Waals surface area (Å²) in [7, 11) is 4.74. The molecule has 148 valence electrons. The van der Waals surface area contributed by atoms with Crippen LogP contribution in [-0.2, 0) is 16.1 Å². The zero-order chi connectivity index (χ0) is 20.8. The van der Waals surface area contributed by atoms with Crippen molar-refractivity contribution >= 4 is 23.3 Å². The summed E-state index contributed by atoms with van der Waals surface area (Å²) in [6.45, 7) is -0.543. The zero-order valence-electron chi connectivity index (χ0n) is 15.7. The number of anilines is 1. The lowest BCUT2D eigenvalue weighted by Gasteiger charge is -2.17. The molecule has 0 saturated carbocycles. The lowest BCUT2D eigenvalue weighted by Crippen LogP contribution is -2.31. The van der Waals surface area contributed by atoms with E-state index in [2.05, 4.69) is 0 Å². The Hall–Kier alpha value is -3.49. The van der Waals surface area contributed by atoms with E-state index in [1.165, 1.54) is 30.1 Å². The van der Waals surface area contributed by atoms with Gasteiger partial charge in [0.05, 0.1) is 10.5 Å². The van der Waals surface area contributed by atoms with Crippen LogP contribution in [0.4, 0.5) is 15.8 Å². The van der Waals surface area contributed by atoms with Crippen LogP contribution in [0, 0.1) is 15.9 Å². The van der Waals surface area contributed by atoms with E-state index in [0.29, 0.717) is 11.3 Å². The van der Waals surface area contributed by atoms with E-state index < -0.39 is 29.2 Å². The van der Waals surface area contributed by atoms with Gasteiger partial charge in [-0.25, -0.2) is 9.18 Å². The number of esters is 1. The average Bonchev–Trinajstić information content (AvgIpc) is 2.66. The fourth-order valence-electron chi connectivity index (χ4n) is 2.47. The Morgan fingerprint density at radius 1 is 1.14 bits per heavy atom. The van der Waals surface area contributed by atoms with Gasteiger partial charge in [-0.05, 0) is 18.2 Å². The predicted octanol–water partition coefficient (Wildman–Crippen LogP) is 2.62. The first-order chi connectivity index (χ1) is 13.2. The minimum Gasteiger partial charge on any atom is -0.452 e. The smallest absolute Gasteiger partial charge is 0.338 e. The van der Waals surface area contributed by atoms with Crippen LogP contribution in [0.25, 0.3) is 0 Å². The molecule has 8 nitrogen and oxygen atoms in total. The highest BCUT2D eigenvalue weighted by atomic mass is 19.1. The molecular weight excluding hydrogens is 369 g/mol. The molecule has 0 bridgehead atoms. The first-order valence-electron chi connectivity index (χ1n) is 8.31. The Bertz CT molecular complexity index is 901. The van der Waals surface area contributed by atoms with Crippen molar-refractivity contribution in [2.45, 2.75) is 6.54 Å². The summed E-state index contributed by atoms with van der Waals surface area (Å²) >= 11 is 0. The van der Waals surface area contributed by atoms with Gasteiger partial charge in [-0.3, -0.25) is 14.9 Å². The second-order valence-corrected chi connectivity index (χ2v) is 6.27. The number of nitro benzene ring substituents is 1. The lowest BCUT2D eigenvalue weighted by atomic mass is 10.1. The Kier molecular flexibility index (Phi) is 6.64. The van der Waals surface area contributed by atoms with Gasteiger partial charge in [0.2, 0.25) is 0 Å². The maximum absolute atomic E-state index is 13.7. The number of nitrogens with zero attached hydrogens (tertiary/aromatic N) is 3. The highest BCUT2D eigenvalue weighted by Gasteiger charge is 2.21. The standard InChI is InChI=1S/C19H20FN3O5/c1-21(2)16-9-8-13(10-17(16)23(26)27)19(25)28-12-18(24)22(3)11-14-6-4-5-7-15(14)20/h4-10H,11-12H2,1-3H3. The van der Waals surface area contributed by atoms with E-state index in [1.54, 1.807) is 37.2 Å². The van der Waals surface area contributed by atoms with Crippen LogP contribution in [0.1, 0.15) is 15.9 Å². The summed E-state index contributed by atoms with van der Waals surface area (Å²) in [5.74, 6) is -1.83. The highest BCUT2D eigenvalue weighted by molar-refractivity contribution is 5.93. The van der Waals surface area contributed by atoms with Crippen molar-refractivity contribution in [1.29, 1.82) is 0 Å². The van der Waals surface area contributed by atoms with Crippen LogP contribution in [-0.4, -0.2) is 49.4 Å². The molecule has 0 fully saturated rings. The molecule has 0 aliphatic heterocycles. The Morgan fingerprint density at radius 2 is 1.82 bits per heavy atom. The first kappa shape index (κ1) is 20.8. The second kappa shape index (κ2) is 8.94. The number of ether oxygens (including phenoxy) is 1.